The molecular weight excluding hydrogens is 443 g/mol. The van der Waals surface area contributed by atoms with Gasteiger partial charge in [0.2, 0.25) is 11.8 Å². The van der Waals surface area contributed by atoms with E-state index in [9.17, 15) is 0 Å². The molecule has 0 aliphatic heterocycles. The number of hydrogen-bond acceptors (Lipinski definition) is 4. The Morgan fingerprint density at radius 3 is 1.41 bits per heavy atom. The first kappa shape index (κ1) is 19.1. The minimum Gasteiger partial charge on any atom is -0.436 e. The number of hydrogen-bond donors (Lipinski definition) is 0. The molecule has 6 rings (SSSR count). The van der Waals surface area contributed by atoms with Crippen molar-refractivity contribution < 1.29 is 8.83 Å². The van der Waals surface area contributed by atoms with Crippen LogP contribution in [0, 0.1) is 0 Å². The Bertz CT molecular complexity index is 1500. The van der Waals surface area contributed by atoms with E-state index in [1.165, 1.54) is 0 Å². The average molecular weight is 457 g/mol. The van der Waals surface area contributed by atoms with Crippen LogP contribution in [0.4, 0.5) is 0 Å². The molecular formula is C26H14Cl2N2O2. The maximum Gasteiger partial charge on any atom is 0.227 e. The van der Waals surface area contributed by atoms with Crippen LogP contribution in [-0.4, -0.2) is 9.97 Å². The third kappa shape index (κ3) is 3.44. The molecule has 0 saturated carbocycles. The molecule has 4 aromatic carbocycles. The van der Waals surface area contributed by atoms with Crippen molar-refractivity contribution in [2.75, 3.05) is 0 Å². The van der Waals surface area contributed by atoms with Gasteiger partial charge in [-0.3, -0.25) is 0 Å². The molecule has 6 aromatic rings. The average Bonchev–Trinajstić information content (AvgIpc) is 3.42. The lowest BCUT2D eigenvalue weighted by atomic mass is 10.1. The third-order valence-electron chi connectivity index (χ3n) is 5.25. The van der Waals surface area contributed by atoms with E-state index in [2.05, 4.69) is 9.97 Å². The summed E-state index contributed by atoms with van der Waals surface area (Å²) in [6.07, 6.45) is 0. The number of nitrogens with zero attached hydrogens (tertiary/aromatic N) is 2. The zero-order chi connectivity index (χ0) is 21.7. The minimum atomic E-state index is 0.538. The largest absolute Gasteiger partial charge is 0.436 e. The predicted molar refractivity (Wildman–Crippen MR) is 128 cm³/mol. The predicted octanol–water partition coefficient (Wildman–Crippen LogP) is 8.28. The Morgan fingerprint density at radius 2 is 0.969 bits per heavy atom. The molecule has 0 fully saturated rings. The first-order valence-corrected chi connectivity index (χ1v) is 10.7. The standard InChI is InChI=1S/C26H14Cl2N2O2/c27-19-5-1-3-17(11-19)25-29-21-9-7-15(13-23(21)31-25)16-8-10-22-24(14-16)32-26(30-22)18-4-2-6-20(28)12-18/h1-14H. The zero-order valence-corrected chi connectivity index (χ0v) is 18.1. The van der Waals surface area contributed by atoms with Gasteiger partial charge in [0.05, 0.1) is 0 Å². The van der Waals surface area contributed by atoms with E-state index in [0.29, 0.717) is 33.0 Å². The van der Waals surface area contributed by atoms with E-state index in [1.807, 2.05) is 84.9 Å². The molecule has 6 heteroatoms. The maximum absolute atomic E-state index is 6.10. The van der Waals surface area contributed by atoms with Crippen LogP contribution in [0.5, 0.6) is 0 Å². The van der Waals surface area contributed by atoms with Crippen molar-refractivity contribution in [2.45, 2.75) is 0 Å². The summed E-state index contributed by atoms with van der Waals surface area (Å²) in [5.41, 5.74) is 6.64. The first-order chi connectivity index (χ1) is 15.6. The molecule has 32 heavy (non-hydrogen) atoms. The SMILES string of the molecule is Clc1cccc(-c2nc3ccc(-c4ccc5nc(-c6cccc(Cl)c6)oc5c4)cc3o2)c1. The molecule has 0 N–H and O–H groups in total. The lowest BCUT2D eigenvalue weighted by molar-refractivity contribution is 0.619. The van der Waals surface area contributed by atoms with Gasteiger partial charge in [-0.25, -0.2) is 9.97 Å². The van der Waals surface area contributed by atoms with Gasteiger partial charge in [0, 0.05) is 21.2 Å². The van der Waals surface area contributed by atoms with E-state index in [-0.39, 0.29) is 0 Å². The van der Waals surface area contributed by atoms with Crippen molar-refractivity contribution in [1.29, 1.82) is 0 Å². The summed E-state index contributed by atoms with van der Waals surface area (Å²) in [5, 5.41) is 1.28. The molecule has 2 heterocycles. The summed E-state index contributed by atoms with van der Waals surface area (Å²) >= 11 is 12.2. The van der Waals surface area contributed by atoms with Gasteiger partial charge < -0.3 is 8.83 Å². The van der Waals surface area contributed by atoms with Gasteiger partial charge in [-0.05, 0) is 71.8 Å². The quantitative estimate of drug-likeness (QED) is 0.268. The van der Waals surface area contributed by atoms with Crippen molar-refractivity contribution in [3.05, 3.63) is 95.0 Å². The Balaban J connectivity index is 1.39. The molecule has 0 saturated heterocycles. The molecule has 0 radical (unpaired) electrons. The second-order valence-electron chi connectivity index (χ2n) is 7.42. The first-order valence-electron chi connectivity index (χ1n) is 9.96. The summed E-state index contributed by atoms with van der Waals surface area (Å²) in [6.45, 7) is 0. The Morgan fingerprint density at radius 1 is 0.500 bits per heavy atom. The van der Waals surface area contributed by atoms with E-state index in [4.69, 9.17) is 32.0 Å². The van der Waals surface area contributed by atoms with Crippen molar-refractivity contribution in [3.63, 3.8) is 0 Å². The monoisotopic (exact) mass is 456 g/mol. The summed E-state index contributed by atoms with van der Waals surface area (Å²) in [6, 6.07) is 26.8. The van der Waals surface area contributed by atoms with Gasteiger partial charge in [-0.1, -0.05) is 47.5 Å². The highest BCUT2D eigenvalue weighted by Crippen LogP contribution is 2.32. The highest BCUT2D eigenvalue weighted by Gasteiger charge is 2.13. The van der Waals surface area contributed by atoms with Gasteiger partial charge in [-0.15, -0.1) is 0 Å². The summed E-state index contributed by atoms with van der Waals surface area (Å²) in [5.74, 6) is 1.08. The Kier molecular flexibility index (Phi) is 4.49. The number of halogens is 2. The number of fused-ring (bicyclic) bond motifs is 2. The van der Waals surface area contributed by atoms with Gasteiger partial charge in [0.25, 0.3) is 0 Å². The van der Waals surface area contributed by atoms with E-state index >= 15 is 0 Å². The molecule has 0 amide bonds. The fourth-order valence-electron chi connectivity index (χ4n) is 3.70. The van der Waals surface area contributed by atoms with Crippen molar-refractivity contribution >= 4 is 45.4 Å². The minimum absolute atomic E-state index is 0.538. The highest BCUT2D eigenvalue weighted by molar-refractivity contribution is 6.31. The van der Waals surface area contributed by atoms with Crippen LogP contribution < -0.4 is 0 Å². The van der Waals surface area contributed by atoms with Gasteiger partial charge in [-0.2, -0.15) is 0 Å². The number of oxazole rings is 2. The maximum atomic E-state index is 6.10. The number of aromatic nitrogens is 2. The van der Waals surface area contributed by atoms with E-state index < -0.39 is 0 Å². The Labute approximate surface area is 193 Å². The van der Waals surface area contributed by atoms with Crippen LogP contribution in [-0.2, 0) is 0 Å². The number of rotatable bonds is 3. The second-order valence-corrected chi connectivity index (χ2v) is 8.30. The van der Waals surface area contributed by atoms with E-state index in [0.717, 1.165) is 33.3 Å². The summed E-state index contributed by atoms with van der Waals surface area (Å²) in [7, 11) is 0. The van der Waals surface area contributed by atoms with Crippen LogP contribution in [0.3, 0.4) is 0 Å². The summed E-state index contributed by atoms with van der Waals surface area (Å²) < 4.78 is 12.0. The Hall–Kier alpha value is -3.60. The fourth-order valence-corrected chi connectivity index (χ4v) is 4.08. The third-order valence-corrected chi connectivity index (χ3v) is 5.72. The topological polar surface area (TPSA) is 52.1 Å². The van der Waals surface area contributed by atoms with Crippen LogP contribution >= 0.6 is 23.2 Å². The lowest BCUT2D eigenvalue weighted by Gasteiger charge is -2.00. The van der Waals surface area contributed by atoms with Crippen LogP contribution in [0.25, 0.3) is 56.2 Å². The zero-order valence-electron chi connectivity index (χ0n) is 16.5. The molecule has 0 aliphatic rings. The molecule has 4 nitrogen and oxygen atoms in total. The normalized spacial score (nSPS) is 11.4. The smallest absolute Gasteiger partial charge is 0.227 e. The van der Waals surface area contributed by atoms with Gasteiger partial charge in [0.15, 0.2) is 11.2 Å². The molecule has 0 spiro atoms. The molecule has 0 atom stereocenters. The van der Waals surface area contributed by atoms with E-state index in [1.54, 1.807) is 0 Å². The van der Waals surface area contributed by atoms with Crippen molar-refractivity contribution in [1.82, 2.24) is 9.97 Å². The lowest BCUT2D eigenvalue weighted by Crippen LogP contribution is -1.78. The fraction of sp³-hybridized carbons (Fsp3) is 0. The van der Waals surface area contributed by atoms with Crippen LogP contribution in [0.15, 0.2) is 93.8 Å². The molecule has 0 aliphatic carbocycles. The van der Waals surface area contributed by atoms with Crippen molar-refractivity contribution in [3.8, 4) is 34.0 Å². The molecule has 2 aromatic heterocycles. The molecule has 154 valence electrons. The highest BCUT2D eigenvalue weighted by atomic mass is 35.5. The van der Waals surface area contributed by atoms with Crippen molar-refractivity contribution in [2.24, 2.45) is 0 Å². The molecule has 0 bridgehead atoms. The van der Waals surface area contributed by atoms with Gasteiger partial charge in [0.1, 0.15) is 11.0 Å². The number of benzene rings is 4. The molecule has 0 unspecified atom stereocenters. The van der Waals surface area contributed by atoms with Gasteiger partial charge >= 0.3 is 0 Å². The van der Waals surface area contributed by atoms with Crippen LogP contribution in [0.2, 0.25) is 10.0 Å². The van der Waals surface area contributed by atoms with Crippen LogP contribution in [0.1, 0.15) is 0 Å². The second kappa shape index (κ2) is 7.52. The summed E-state index contributed by atoms with van der Waals surface area (Å²) in [4.78, 5) is 9.18.